The van der Waals surface area contributed by atoms with Crippen molar-refractivity contribution in [2.24, 2.45) is 23.7 Å². The van der Waals surface area contributed by atoms with Gasteiger partial charge in [-0.05, 0) is 56.1 Å². The van der Waals surface area contributed by atoms with Crippen LogP contribution in [0.1, 0.15) is 62.9 Å². The summed E-state index contributed by atoms with van der Waals surface area (Å²) < 4.78 is 15.0. The second-order valence-electron chi connectivity index (χ2n) is 7.95. The molecule has 1 aromatic heterocycles. The Hall–Kier alpha value is -2.90. The van der Waals surface area contributed by atoms with Gasteiger partial charge in [-0.25, -0.2) is 0 Å². The minimum Gasteiger partial charge on any atom is -0.481 e. The molecule has 2 heterocycles. The maximum Gasteiger partial charge on any atom is 0.309 e. The van der Waals surface area contributed by atoms with Crippen LogP contribution in [0.4, 0.5) is 0 Å². The number of cyclic esters (lactones) is 1. The molecule has 170 valence electrons. The number of carboxylic acids is 1. The van der Waals surface area contributed by atoms with E-state index in [1.165, 1.54) is 7.11 Å². The third-order valence-corrected chi connectivity index (χ3v) is 6.11. The highest BCUT2D eigenvalue weighted by atomic mass is 16.5. The number of rotatable bonds is 3. The summed E-state index contributed by atoms with van der Waals surface area (Å²) >= 11 is 0. The Labute approximate surface area is 181 Å². The highest BCUT2D eigenvalue weighted by Gasteiger charge is 2.51. The van der Waals surface area contributed by atoms with Gasteiger partial charge in [0.25, 0.3) is 12.4 Å². The van der Waals surface area contributed by atoms with Gasteiger partial charge in [0.1, 0.15) is 17.6 Å². The van der Waals surface area contributed by atoms with Crippen molar-refractivity contribution >= 4 is 30.3 Å². The molecular weight excluding hydrogens is 404 g/mol. The number of carboxylic acid groups (broad SMARTS) is 1. The van der Waals surface area contributed by atoms with Crippen LogP contribution in [0.25, 0.3) is 6.08 Å². The first-order valence-corrected chi connectivity index (χ1v) is 10.4. The Morgan fingerprint density at radius 3 is 2.58 bits per heavy atom. The van der Waals surface area contributed by atoms with Crippen LogP contribution in [0.3, 0.4) is 0 Å². The predicted octanol–water partition coefficient (Wildman–Crippen LogP) is 3.80. The van der Waals surface area contributed by atoms with E-state index < -0.39 is 5.97 Å². The molecule has 5 atom stereocenters. The molecule has 1 saturated heterocycles. The van der Waals surface area contributed by atoms with E-state index in [0.29, 0.717) is 30.4 Å². The number of carbonyl (C=O) groups excluding carboxylic acids is 3. The predicted molar refractivity (Wildman–Crippen MR) is 111 cm³/mol. The SMILES string of the molecule is C=Cc1occc1[C@@H]1CC2[C@H]3C(=O)CCCC3CC[C@H]2C(=O)O1.CC(=O)O.COC=O. The molecule has 0 bridgehead atoms. The molecule has 0 spiro atoms. The molecule has 0 amide bonds. The van der Waals surface area contributed by atoms with Gasteiger partial charge in [0.15, 0.2) is 0 Å². The molecule has 2 saturated carbocycles. The smallest absolute Gasteiger partial charge is 0.309 e. The Kier molecular flexibility index (Phi) is 9.03. The van der Waals surface area contributed by atoms with Gasteiger partial charge < -0.3 is 19.0 Å². The zero-order valence-corrected chi connectivity index (χ0v) is 18.0. The average Bonchev–Trinajstić information content (AvgIpc) is 3.22. The minimum absolute atomic E-state index is 0.0527. The number of aliphatic carboxylic acids is 1. The molecular formula is C23H30O8. The van der Waals surface area contributed by atoms with Gasteiger partial charge in [-0.2, -0.15) is 0 Å². The summed E-state index contributed by atoms with van der Waals surface area (Å²) in [5, 5.41) is 7.42. The first kappa shape index (κ1) is 24.4. The van der Waals surface area contributed by atoms with E-state index in [-0.39, 0.29) is 29.8 Å². The number of fused-ring (bicyclic) bond motifs is 3. The summed E-state index contributed by atoms with van der Waals surface area (Å²) in [7, 11) is 1.31. The maximum absolute atomic E-state index is 12.5. The quantitative estimate of drug-likeness (QED) is 0.563. The molecule has 2 unspecified atom stereocenters. The van der Waals surface area contributed by atoms with E-state index in [1.807, 2.05) is 6.07 Å². The van der Waals surface area contributed by atoms with Crippen LogP contribution >= 0.6 is 0 Å². The lowest BCUT2D eigenvalue weighted by atomic mass is 9.59. The van der Waals surface area contributed by atoms with Crippen molar-refractivity contribution in [2.75, 3.05) is 7.11 Å². The maximum atomic E-state index is 12.5. The molecule has 0 radical (unpaired) electrons. The van der Waals surface area contributed by atoms with Gasteiger partial charge in [0, 0.05) is 24.8 Å². The third kappa shape index (κ3) is 6.06. The van der Waals surface area contributed by atoms with E-state index in [1.54, 1.807) is 12.3 Å². The van der Waals surface area contributed by atoms with Gasteiger partial charge >= 0.3 is 5.97 Å². The van der Waals surface area contributed by atoms with Crippen molar-refractivity contribution in [2.45, 2.75) is 51.6 Å². The molecule has 0 aromatic carbocycles. The number of furan rings is 1. The first-order chi connectivity index (χ1) is 14.8. The number of carbonyl (C=O) groups is 4. The largest absolute Gasteiger partial charge is 0.481 e. The molecule has 1 aromatic rings. The first-order valence-electron chi connectivity index (χ1n) is 10.4. The lowest BCUT2D eigenvalue weighted by molar-refractivity contribution is -0.174. The zero-order chi connectivity index (χ0) is 23.0. The molecule has 2 aliphatic carbocycles. The second kappa shape index (κ2) is 11.5. The fourth-order valence-corrected chi connectivity index (χ4v) is 5.00. The molecule has 8 heteroatoms. The standard InChI is InChI=1S/C19H22O4.2C2H4O2/c1-2-16-13(8-9-22-16)17-10-14-12(19(21)23-17)7-6-11-4-3-5-15(20)18(11)14;1-4-2-3;1-2(3)4/h2,8-9,11-12,14,17-18H,1,3-7,10H2;2H,1H3;1H3,(H,3,4)/t11?,12-,14?,17+,18+;;/m1../s1. The minimum atomic E-state index is -0.833. The van der Waals surface area contributed by atoms with E-state index in [4.69, 9.17) is 23.8 Å². The highest BCUT2D eigenvalue weighted by Crippen LogP contribution is 2.51. The molecule has 3 fully saturated rings. The van der Waals surface area contributed by atoms with E-state index in [2.05, 4.69) is 11.3 Å². The lowest BCUT2D eigenvalue weighted by Crippen LogP contribution is -2.48. The van der Waals surface area contributed by atoms with Crippen LogP contribution < -0.4 is 0 Å². The second-order valence-corrected chi connectivity index (χ2v) is 7.95. The van der Waals surface area contributed by atoms with E-state index >= 15 is 0 Å². The average molecular weight is 434 g/mol. The molecule has 1 N–H and O–H groups in total. The Balaban J connectivity index is 0.000000370. The van der Waals surface area contributed by atoms with Crippen LogP contribution in [0, 0.1) is 23.7 Å². The van der Waals surface area contributed by atoms with Gasteiger partial charge in [-0.15, -0.1) is 0 Å². The van der Waals surface area contributed by atoms with Gasteiger partial charge in [-0.3, -0.25) is 19.2 Å². The van der Waals surface area contributed by atoms with Crippen LogP contribution in [0.5, 0.6) is 0 Å². The number of hydrogen-bond acceptors (Lipinski definition) is 7. The van der Waals surface area contributed by atoms with Gasteiger partial charge in [-0.1, -0.05) is 6.58 Å². The summed E-state index contributed by atoms with van der Waals surface area (Å²) in [5.74, 6) is 0.585. The van der Waals surface area contributed by atoms with E-state index in [0.717, 1.165) is 44.6 Å². The zero-order valence-electron chi connectivity index (χ0n) is 18.0. The lowest BCUT2D eigenvalue weighted by Gasteiger charge is -2.47. The highest BCUT2D eigenvalue weighted by molar-refractivity contribution is 5.84. The van der Waals surface area contributed by atoms with E-state index in [9.17, 15) is 9.59 Å². The number of ether oxygens (including phenoxy) is 2. The summed E-state index contributed by atoms with van der Waals surface area (Å²) in [6.45, 7) is 5.21. The summed E-state index contributed by atoms with van der Waals surface area (Å²) in [6, 6.07) is 1.85. The number of methoxy groups -OCH3 is 1. The van der Waals surface area contributed by atoms with Crippen molar-refractivity contribution in [3.63, 3.8) is 0 Å². The summed E-state index contributed by atoms with van der Waals surface area (Å²) in [4.78, 5) is 43.0. The number of esters is 1. The Bertz CT molecular complexity index is 791. The molecule has 3 aliphatic rings. The van der Waals surface area contributed by atoms with Crippen LogP contribution in [0.2, 0.25) is 0 Å². The van der Waals surface area contributed by atoms with Gasteiger partial charge in [0.05, 0.1) is 19.3 Å². The summed E-state index contributed by atoms with van der Waals surface area (Å²) in [5.41, 5.74) is 0.872. The van der Waals surface area contributed by atoms with Crippen molar-refractivity contribution < 1.29 is 38.2 Å². The van der Waals surface area contributed by atoms with Crippen LogP contribution in [-0.4, -0.2) is 36.4 Å². The number of hydrogen-bond donors (Lipinski definition) is 1. The van der Waals surface area contributed by atoms with Crippen LogP contribution in [-0.2, 0) is 28.7 Å². The summed E-state index contributed by atoms with van der Waals surface area (Å²) in [6.07, 6.45) is 8.31. The normalized spacial score (nSPS) is 28.8. The Morgan fingerprint density at radius 2 is 1.97 bits per heavy atom. The fourth-order valence-electron chi connectivity index (χ4n) is 5.00. The van der Waals surface area contributed by atoms with Gasteiger partial charge in [0.2, 0.25) is 0 Å². The van der Waals surface area contributed by atoms with Crippen molar-refractivity contribution in [1.82, 2.24) is 0 Å². The van der Waals surface area contributed by atoms with Crippen molar-refractivity contribution in [1.29, 1.82) is 0 Å². The molecule has 4 rings (SSSR count). The number of Topliss-reactive ketones (excluding diaryl/α,β-unsaturated/α-hetero) is 1. The molecule has 1 aliphatic heterocycles. The monoisotopic (exact) mass is 434 g/mol. The van der Waals surface area contributed by atoms with Crippen molar-refractivity contribution in [3.8, 4) is 0 Å². The Morgan fingerprint density at radius 1 is 1.29 bits per heavy atom. The van der Waals surface area contributed by atoms with Crippen molar-refractivity contribution in [3.05, 3.63) is 30.2 Å². The molecule has 8 nitrogen and oxygen atoms in total. The molecule has 31 heavy (non-hydrogen) atoms. The van der Waals surface area contributed by atoms with Crippen LogP contribution in [0.15, 0.2) is 23.3 Å². The fraction of sp³-hybridized carbons (Fsp3) is 0.565. The third-order valence-electron chi connectivity index (χ3n) is 6.11. The topological polar surface area (TPSA) is 120 Å². The number of ketones is 1.